The van der Waals surface area contributed by atoms with Crippen LogP contribution in [-0.2, 0) is 0 Å². The van der Waals surface area contributed by atoms with E-state index in [0.717, 1.165) is 0 Å². The van der Waals surface area contributed by atoms with Gasteiger partial charge in [0.05, 0.1) is 11.4 Å². The van der Waals surface area contributed by atoms with Crippen LogP contribution in [0, 0.1) is 3.57 Å². The summed E-state index contributed by atoms with van der Waals surface area (Å²) in [6.07, 6.45) is 0. The van der Waals surface area contributed by atoms with Crippen molar-refractivity contribution < 1.29 is 0 Å². The van der Waals surface area contributed by atoms with Crippen LogP contribution in [0.1, 0.15) is 0 Å². The maximum atomic E-state index is 2.38. The van der Waals surface area contributed by atoms with Crippen molar-refractivity contribution in [2.24, 2.45) is 0 Å². The second kappa shape index (κ2) is 5.39. The Balaban J connectivity index is 1.98. The SMILES string of the molecule is Ic1ccc2c(c1)N(c1ccccc1)c1ccccc1S2. The van der Waals surface area contributed by atoms with E-state index in [0.29, 0.717) is 0 Å². The lowest BCUT2D eigenvalue weighted by molar-refractivity contribution is 1.16. The Morgan fingerprint density at radius 1 is 0.714 bits per heavy atom. The molecule has 3 heteroatoms. The molecule has 0 bridgehead atoms. The van der Waals surface area contributed by atoms with Crippen molar-refractivity contribution in [1.29, 1.82) is 0 Å². The number of anilines is 3. The van der Waals surface area contributed by atoms with Gasteiger partial charge in [-0.1, -0.05) is 42.1 Å². The van der Waals surface area contributed by atoms with Crippen molar-refractivity contribution in [1.82, 2.24) is 0 Å². The van der Waals surface area contributed by atoms with Gasteiger partial charge in [-0.25, -0.2) is 0 Å². The molecule has 102 valence electrons. The van der Waals surface area contributed by atoms with E-state index in [1.807, 2.05) is 11.8 Å². The molecule has 0 N–H and O–H groups in total. The fraction of sp³-hybridized carbons (Fsp3) is 0. The zero-order valence-electron chi connectivity index (χ0n) is 11.2. The summed E-state index contributed by atoms with van der Waals surface area (Å²) in [4.78, 5) is 4.96. The maximum absolute atomic E-state index is 2.38. The minimum Gasteiger partial charge on any atom is -0.308 e. The molecule has 0 unspecified atom stereocenters. The number of halogens is 1. The Kier molecular flexibility index (Phi) is 3.39. The molecule has 1 aliphatic heterocycles. The quantitative estimate of drug-likeness (QED) is 0.348. The van der Waals surface area contributed by atoms with Crippen LogP contribution in [0.2, 0.25) is 0 Å². The number of rotatable bonds is 1. The van der Waals surface area contributed by atoms with Crippen molar-refractivity contribution in [3.63, 3.8) is 0 Å². The molecule has 0 aliphatic carbocycles. The van der Waals surface area contributed by atoms with E-state index in [-0.39, 0.29) is 0 Å². The zero-order chi connectivity index (χ0) is 14.2. The Labute approximate surface area is 142 Å². The van der Waals surface area contributed by atoms with E-state index < -0.39 is 0 Å². The van der Waals surface area contributed by atoms with Crippen LogP contribution in [0.3, 0.4) is 0 Å². The van der Waals surface area contributed by atoms with E-state index in [4.69, 9.17) is 0 Å². The van der Waals surface area contributed by atoms with Gasteiger partial charge in [0, 0.05) is 19.0 Å². The molecule has 0 saturated heterocycles. The highest BCUT2D eigenvalue weighted by Gasteiger charge is 2.24. The zero-order valence-corrected chi connectivity index (χ0v) is 14.1. The van der Waals surface area contributed by atoms with Crippen molar-refractivity contribution in [2.45, 2.75) is 9.79 Å². The Hall–Kier alpha value is -1.46. The monoisotopic (exact) mass is 401 g/mol. The topological polar surface area (TPSA) is 3.24 Å². The standard InChI is InChI=1S/C18H12INS/c19-13-10-11-18-16(12-13)20(14-6-2-1-3-7-14)15-8-4-5-9-17(15)21-18/h1-12H. The van der Waals surface area contributed by atoms with Crippen LogP contribution >= 0.6 is 34.4 Å². The Bertz CT molecular complexity index is 801. The van der Waals surface area contributed by atoms with Crippen LogP contribution in [0.5, 0.6) is 0 Å². The molecular formula is C18H12INS. The molecule has 0 aromatic heterocycles. The first kappa shape index (κ1) is 13.2. The first-order valence-corrected chi connectivity index (χ1v) is 8.64. The van der Waals surface area contributed by atoms with Gasteiger partial charge in [0.2, 0.25) is 0 Å². The third kappa shape index (κ3) is 2.34. The van der Waals surface area contributed by atoms with Gasteiger partial charge in [0.15, 0.2) is 0 Å². The van der Waals surface area contributed by atoms with Gasteiger partial charge in [-0.3, -0.25) is 0 Å². The number of hydrogen-bond acceptors (Lipinski definition) is 2. The molecule has 3 aromatic rings. The summed E-state index contributed by atoms with van der Waals surface area (Å²) < 4.78 is 1.26. The van der Waals surface area contributed by atoms with E-state index >= 15 is 0 Å². The molecule has 0 spiro atoms. The molecule has 21 heavy (non-hydrogen) atoms. The van der Waals surface area contributed by atoms with Crippen molar-refractivity contribution >= 4 is 51.4 Å². The van der Waals surface area contributed by atoms with Crippen LogP contribution in [-0.4, -0.2) is 0 Å². The highest BCUT2D eigenvalue weighted by atomic mass is 127. The van der Waals surface area contributed by atoms with E-state index in [1.54, 1.807) is 0 Å². The molecule has 3 aromatic carbocycles. The molecular weight excluding hydrogens is 389 g/mol. The van der Waals surface area contributed by atoms with Crippen LogP contribution in [0.25, 0.3) is 0 Å². The predicted octanol–water partition coefficient (Wildman–Crippen LogP) is 6.23. The van der Waals surface area contributed by atoms with E-state index in [2.05, 4.69) is 100 Å². The van der Waals surface area contributed by atoms with Crippen molar-refractivity contribution in [3.05, 3.63) is 76.4 Å². The second-order valence-electron chi connectivity index (χ2n) is 4.85. The fourth-order valence-corrected chi connectivity index (χ4v) is 4.10. The highest BCUT2D eigenvalue weighted by molar-refractivity contribution is 14.1. The molecule has 0 fully saturated rings. The Morgan fingerprint density at radius 2 is 1.43 bits per heavy atom. The van der Waals surface area contributed by atoms with Crippen LogP contribution in [0.15, 0.2) is 82.6 Å². The molecule has 1 heterocycles. The molecule has 4 rings (SSSR count). The lowest BCUT2D eigenvalue weighted by atomic mass is 10.2. The van der Waals surface area contributed by atoms with Gasteiger partial charge < -0.3 is 4.90 Å². The van der Waals surface area contributed by atoms with Crippen molar-refractivity contribution in [2.75, 3.05) is 4.90 Å². The molecule has 1 aliphatic rings. The minimum absolute atomic E-state index is 1.20. The average Bonchev–Trinajstić information content (AvgIpc) is 2.53. The van der Waals surface area contributed by atoms with E-state index in [9.17, 15) is 0 Å². The predicted molar refractivity (Wildman–Crippen MR) is 98.0 cm³/mol. The van der Waals surface area contributed by atoms with Gasteiger partial charge in [-0.2, -0.15) is 0 Å². The summed E-state index contributed by atoms with van der Waals surface area (Å²) in [6, 6.07) is 25.8. The van der Waals surface area contributed by atoms with Gasteiger partial charge in [0.1, 0.15) is 0 Å². The van der Waals surface area contributed by atoms with Gasteiger partial charge in [-0.15, -0.1) is 0 Å². The molecule has 0 atom stereocenters. The normalized spacial score (nSPS) is 12.7. The largest absolute Gasteiger partial charge is 0.308 e. The number of fused-ring (bicyclic) bond motifs is 2. The third-order valence-corrected chi connectivity index (χ3v) is 5.30. The summed E-state index contributed by atoms with van der Waals surface area (Å²) >= 11 is 4.22. The van der Waals surface area contributed by atoms with Crippen LogP contribution in [0.4, 0.5) is 17.1 Å². The average molecular weight is 401 g/mol. The fourth-order valence-electron chi connectivity index (χ4n) is 2.58. The minimum atomic E-state index is 1.20. The summed E-state index contributed by atoms with van der Waals surface area (Å²) in [5.74, 6) is 0. The van der Waals surface area contributed by atoms with Gasteiger partial charge in [-0.05, 0) is 65.1 Å². The second-order valence-corrected chi connectivity index (χ2v) is 7.18. The molecule has 0 amide bonds. The lowest BCUT2D eigenvalue weighted by Gasteiger charge is -2.33. The number of hydrogen-bond donors (Lipinski definition) is 0. The van der Waals surface area contributed by atoms with Crippen LogP contribution < -0.4 is 4.90 Å². The molecule has 0 radical (unpaired) electrons. The summed E-state index contributed by atoms with van der Waals surface area (Å²) in [7, 11) is 0. The first-order valence-electron chi connectivity index (χ1n) is 6.74. The molecule has 0 saturated carbocycles. The Morgan fingerprint density at radius 3 is 2.29 bits per heavy atom. The summed E-state index contributed by atoms with van der Waals surface area (Å²) in [5, 5.41) is 0. The number of nitrogens with zero attached hydrogens (tertiary/aromatic N) is 1. The highest BCUT2D eigenvalue weighted by Crippen LogP contribution is 2.51. The first-order chi connectivity index (χ1) is 10.3. The smallest absolute Gasteiger partial charge is 0.0612 e. The molecule has 1 nitrogen and oxygen atoms in total. The van der Waals surface area contributed by atoms with Gasteiger partial charge in [0.25, 0.3) is 0 Å². The van der Waals surface area contributed by atoms with Crippen molar-refractivity contribution in [3.8, 4) is 0 Å². The number of para-hydroxylation sites is 2. The summed E-state index contributed by atoms with van der Waals surface area (Å²) in [5.41, 5.74) is 3.72. The summed E-state index contributed by atoms with van der Waals surface area (Å²) in [6.45, 7) is 0. The third-order valence-electron chi connectivity index (χ3n) is 3.50. The maximum Gasteiger partial charge on any atom is 0.0612 e. The van der Waals surface area contributed by atoms with E-state index in [1.165, 1.54) is 30.4 Å². The number of benzene rings is 3. The lowest BCUT2D eigenvalue weighted by Crippen LogP contribution is -2.14. The van der Waals surface area contributed by atoms with Gasteiger partial charge >= 0.3 is 0 Å².